The zero-order chi connectivity index (χ0) is 20.2. The van der Waals surface area contributed by atoms with Crippen molar-refractivity contribution in [3.05, 3.63) is 12.2 Å². The number of rotatable bonds is 20. The molecule has 0 saturated carbocycles. The van der Waals surface area contributed by atoms with Crippen LogP contribution in [0.1, 0.15) is 123 Å². The van der Waals surface area contributed by atoms with Crippen LogP contribution in [0.2, 0.25) is 0 Å². The van der Waals surface area contributed by atoms with Crippen LogP contribution in [-0.2, 0) is 9.59 Å². The first-order valence-corrected chi connectivity index (χ1v) is 11.5. The average Bonchev–Trinajstić information content (AvgIpc) is 2.63. The van der Waals surface area contributed by atoms with E-state index in [4.69, 9.17) is 5.11 Å². The van der Waals surface area contributed by atoms with Crippen molar-refractivity contribution in [2.24, 2.45) is 5.92 Å². The van der Waals surface area contributed by atoms with Crippen LogP contribution >= 0.6 is 0 Å². The third kappa shape index (κ3) is 18.0. The molecule has 0 amide bonds. The van der Waals surface area contributed by atoms with Gasteiger partial charge < -0.3 is 5.11 Å². The molecule has 0 aromatic rings. The minimum Gasteiger partial charge on any atom is -0.481 e. The predicted octanol–water partition coefficient (Wildman–Crippen LogP) is 7.48. The van der Waals surface area contributed by atoms with Gasteiger partial charge in [-0.15, -0.1) is 0 Å². The number of ketones is 1. The highest BCUT2D eigenvalue weighted by molar-refractivity contribution is 5.96. The van der Waals surface area contributed by atoms with Crippen LogP contribution < -0.4 is 0 Å². The van der Waals surface area contributed by atoms with Gasteiger partial charge in [0.25, 0.3) is 0 Å². The van der Waals surface area contributed by atoms with E-state index < -0.39 is 11.9 Å². The lowest BCUT2D eigenvalue weighted by Crippen LogP contribution is -2.21. The number of hydrogen-bond donors (Lipinski definition) is 1. The molecule has 0 radical (unpaired) electrons. The molecule has 158 valence electrons. The van der Waals surface area contributed by atoms with E-state index in [1.54, 1.807) is 0 Å². The normalized spacial score (nSPS) is 12.5. The summed E-state index contributed by atoms with van der Waals surface area (Å²) in [6, 6.07) is 0. The maximum absolute atomic E-state index is 11.2. The molecule has 0 aliphatic rings. The Labute approximate surface area is 168 Å². The van der Waals surface area contributed by atoms with Gasteiger partial charge in [0.1, 0.15) is 11.7 Å². The first-order valence-electron chi connectivity index (χ1n) is 11.5. The summed E-state index contributed by atoms with van der Waals surface area (Å²) in [5.74, 6) is -1.98. The molecule has 0 fully saturated rings. The van der Waals surface area contributed by atoms with Gasteiger partial charge in [-0.1, -0.05) is 96.1 Å². The van der Waals surface area contributed by atoms with Gasteiger partial charge in [0.2, 0.25) is 0 Å². The van der Waals surface area contributed by atoms with Crippen LogP contribution in [0.25, 0.3) is 0 Å². The van der Waals surface area contributed by atoms with Crippen LogP contribution in [0.4, 0.5) is 0 Å². The van der Waals surface area contributed by atoms with Crippen molar-refractivity contribution in [2.45, 2.75) is 123 Å². The van der Waals surface area contributed by atoms with Crippen LogP contribution in [-0.4, -0.2) is 16.9 Å². The first kappa shape index (κ1) is 25.9. The molecule has 0 spiro atoms. The van der Waals surface area contributed by atoms with Gasteiger partial charge in [0.15, 0.2) is 0 Å². The number of Topliss-reactive ketones (excluding diaryl/α,β-unsaturated/α-hetero) is 1. The Kier molecular flexibility index (Phi) is 18.8. The van der Waals surface area contributed by atoms with Crippen LogP contribution in [0.3, 0.4) is 0 Å². The van der Waals surface area contributed by atoms with E-state index in [1.165, 1.54) is 90.4 Å². The van der Waals surface area contributed by atoms with Gasteiger partial charge in [-0.05, 0) is 39.0 Å². The molecular formula is C24H44O3. The summed E-state index contributed by atoms with van der Waals surface area (Å²) in [6.45, 7) is 3.64. The first-order chi connectivity index (χ1) is 13.1. The van der Waals surface area contributed by atoms with E-state index in [0.717, 1.165) is 19.3 Å². The van der Waals surface area contributed by atoms with Crippen LogP contribution in [0.15, 0.2) is 12.2 Å². The molecule has 0 aromatic carbocycles. The van der Waals surface area contributed by atoms with Crippen molar-refractivity contribution < 1.29 is 14.7 Å². The fourth-order valence-corrected chi connectivity index (χ4v) is 3.45. The van der Waals surface area contributed by atoms with Gasteiger partial charge in [-0.2, -0.15) is 0 Å². The van der Waals surface area contributed by atoms with Crippen molar-refractivity contribution in [3.63, 3.8) is 0 Å². The Balaban J connectivity index is 3.28. The number of aliphatic carboxylic acids is 1. The fourth-order valence-electron chi connectivity index (χ4n) is 3.45. The highest BCUT2D eigenvalue weighted by Gasteiger charge is 2.21. The minimum atomic E-state index is -0.969. The van der Waals surface area contributed by atoms with Gasteiger partial charge in [0.05, 0.1) is 0 Å². The molecule has 1 unspecified atom stereocenters. The van der Waals surface area contributed by atoms with Crippen molar-refractivity contribution in [1.82, 2.24) is 0 Å². The van der Waals surface area contributed by atoms with Gasteiger partial charge in [-0.25, -0.2) is 0 Å². The molecule has 0 aliphatic carbocycles. The molecule has 0 aliphatic heterocycles. The van der Waals surface area contributed by atoms with E-state index in [1.807, 2.05) is 0 Å². The smallest absolute Gasteiger partial charge is 0.314 e. The third-order valence-corrected chi connectivity index (χ3v) is 5.29. The fraction of sp³-hybridized carbons (Fsp3) is 0.833. The second-order valence-corrected chi connectivity index (χ2v) is 7.94. The molecule has 1 N–H and O–H groups in total. The third-order valence-electron chi connectivity index (χ3n) is 5.29. The summed E-state index contributed by atoms with van der Waals surface area (Å²) >= 11 is 0. The molecule has 0 bridgehead atoms. The van der Waals surface area contributed by atoms with E-state index in [0.29, 0.717) is 6.42 Å². The monoisotopic (exact) mass is 380 g/mol. The Bertz CT molecular complexity index is 373. The van der Waals surface area contributed by atoms with Crippen molar-refractivity contribution in [2.75, 3.05) is 0 Å². The predicted molar refractivity (Wildman–Crippen MR) is 115 cm³/mol. The Morgan fingerprint density at radius 3 is 1.52 bits per heavy atom. The maximum Gasteiger partial charge on any atom is 0.314 e. The lowest BCUT2D eigenvalue weighted by molar-refractivity contribution is -0.146. The second kappa shape index (κ2) is 19.6. The summed E-state index contributed by atoms with van der Waals surface area (Å²) < 4.78 is 0. The average molecular weight is 381 g/mol. The summed E-state index contributed by atoms with van der Waals surface area (Å²) in [7, 11) is 0. The maximum atomic E-state index is 11.2. The van der Waals surface area contributed by atoms with Gasteiger partial charge >= 0.3 is 5.97 Å². The second-order valence-electron chi connectivity index (χ2n) is 7.94. The zero-order valence-electron chi connectivity index (χ0n) is 18.0. The van der Waals surface area contributed by atoms with Crippen molar-refractivity contribution >= 4 is 11.8 Å². The lowest BCUT2D eigenvalue weighted by atomic mass is 9.97. The molecular weight excluding hydrogens is 336 g/mol. The van der Waals surface area contributed by atoms with Gasteiger partial charge in [-0.3, -0.25) is 9.59 Å². The molecule has 0 aromatic heterocycles. The number of carboxylic acids is 1. The van der Waals surface area contributed by atoms with E-state index >= 15 is 0 Å². The molecule has 3 heteroatoms. The lowest BCUT2D eigenvalue weighted by Gasteiger charge is -2.08. The SMILES string of the molecule is CCCCCCCC/C=C\CCCCCCCCCCC(C(C)=O)C(=O)O. The summed E-state index contributed by atoms with van der Waals surface area (Å²) in [6.07, 6.45) is 25.4. The number of hydrogen-bond acceptors (Lipinski definition) is 2. The minimum absolute atomic E-state index is 0.219. The molecule has 0 heterocycles. The van der Waals surface area contributed by atoms with E-state index in [-0.39, 0.29) is 5.78 Å². The highest BCUT2D eigenvalue weighted by atomic mass is 16.4. The summed E-state index contributed by atoms with van der Waals surface area (Å²) in [5, 5.41) is 8.96. The zero-order valence-corrected chi connectivity index (χ0v) is 18.0. The Hall–Kier alpha value is -1.12. The van der Waals surface area contributed by atoms with Crippen LogP contribution in [0, 0.1) is 5.92 Å². The quantitative estimate of drug-likeness (QED) is 0.135. The van der Waals surface area contributed by atoms with Crippen molar-refractivity contribution in [3.8, 4) is 0 Å². The molecule has 1 atom stereocenters. The Morgan fingerprint density at radius 2 is 1.11 bits per heavy atom. The molecule has 0 saturated heterocycles. The van der Waals surface area contributed by atoms with E-state index in [9.17, 15) is 9.59 Å². The molecule has 3 nitrogen and oxygen atoms in total. The summed E-state index contributed by atoms with van der Waals surface area (Å²) in [5.41, 5.74) is 0. The largest absolute Gasteiger partial charge is 0.481 e. The number of carboxylic acid groups (broad SMARTS) is 1. The Morgan fingerprint density at radius 1 is 0.704 bits per heavy atom. The topological polar surface area (TPSA) is 54.4 Å². The van der Waals surface area contributed by atoms with E-state index in [2.05, 4.69) is 19.1 Å². The van der Waals surface area contributed by atoms with Crippen molar-refractivity contribution in [1.29, 1.82) is 0 Å². The molecule has 27 heavy (non-hydrogen) atoms. The number of carbonyl (C=O) groups excluding carboxylic acids is 1. The molecule has 0 rings (SSSR count). The highest BCUT2D eigenvalue weighted by Crippen LogP contribution is 2.15. The standard InChI is InChI=1S/C24H44O3/c1-3-4-5-6-7-8-9-10-11-12-13-14-15-16-17-18-19-20-21-23(22(2)25)24(26)27/h10-11,23H,3-9,12-21H2,1-2H3,(H,26,27)/b11-10-. The summed E-state index contributed by atoms with van der Waals surface area (Å²) in [4.78, 5) is 22.1. The van der Waals surface area contributed by atoms with Crippen LogP contribution in [0.5, 0.6) is 0 Å². The number of carbonyl (C=O) groups is 2. The number of unbranched alkanes of at least 4 members (excludes halogenated alkanes) is 14. The van der Waals surface area contributed by atoms with Gasteiger partial charge in [0, 0.05) is 0 Å². The number of allylic oxidation sites excluding steroid dienone is 2.